The van der Waals surface area contributed by atoms with E-state index in [0.717, 1.165) is 0 Å². The number of nitrogens with two attached hydrogens (primary N) is 1. The summed E-state index contributed by atoms with van der Waals surface area (Å²) in [7, 11) is 0. The van der Waals surface area contributed by atoms with Gasteiger partial charge < -0.3 is 10.5 Å². The molecule has 2 aromatic carbocycles. The van der Waals surface area contributed by atoms with Gasteiger partial charge in [-0.15, -0.1) is 12.4 Å². The van der Waals surface area contributed by atoms with Crippen LogP contribution in [-0.2, 0) is 0 Å². The zero-order chi connectivity index (χ0) is 12.3. The Morgan fingerprint density at radius 3 is 1.83 bits per heavy atom. The van der Waals surface area contributed by atoms with Crippen molar-refractivity contribution in [3.63, 3.8) is 0 Å². The molecule has 0 atom stereocenters. The highest BCUT2D eigenvalue weighted by atomic mass is 35.5. The second-order valence-electron chi connectivity index (χ2n) is 3.49. The monoisotopic (exact) mass is 266 g/mol. The molecule has 0 saturated heterocycles. The van der Waals surface area contributed by atoms with Crippen LogP contribution in [0.5, 0.6) is 11.5 Å². The predicted octanol–water partition coefficient (Wildman–Crippen LogP) is 3.32. The molecule has 2 rings (SSSR count). The Labute approximate surface area is 110 Å². The van der Waals surface area contributed by atoms with E-state index in [2.05, 4.69) is 0 Å². The van der Waals surface area contributed by atoms with Gasteiger partial charge in [0.2, 0.25) is 0 Å². The van der Waals surface area contributed by atoms with Crippen molar-refractivity contribution in [3.05, 3.63) is 59.9 Å². The molecule has 0 saturated carbocycles. The molecule has 0 spiro atoms. The molecule has 3 N–H and O–H groups in total. The third kappa shape index (κ3) is 3.46. The van der Waals surface area contributed by atoms with E-state index in [0.29, 0.717) is 17.1 Å². The molecule has 0 radical (unpaired) electrons. The van der Waals surface area contributed by atoms with Crippen molar-refractivity contribution in [2.75, 3.05) is 0 Å². The lowest BCUT2D eigenvalue weighted by molar-refractivity contribution is 0.480. The second-order valence-corrected chi connectivity index (χ2v) is 3.49. The predicted molar refractivity (Wildman–Crippen MR) is 71.2 cm³/mol. The van der Waals surface area contributed by atoms with Crippen LogP contribution in [0.3, 0.4) is 0 Å². The molecule has 0 amide bonds. The van der Waals surface area contributed by atoms with E-state index < -0.39 is 0 Å². The molecule has 0 aliphatic rings. The van der Waals surface area contributed by atoms with Crippen molar-refractivity contribution >= 4 is 18.2 Å². The van der Waals surface area contributed by atoms with E-state index in [9.17, 15) is 4.39 Å². The molecule has 0 fully saturated rings. The number of amidine groups is 1. The van der Waals surface area contributed by atoms with Crippen LogP contribution in [-0.4, -0.2) is 5.84 Å². The van der Waals surface area contributed by atoms with E-state index in [4.69, 9.17) is 15.9 Å². The molecular formula is C13H12ClFN2O. The van der Waals surface area contributed by atoms with Crippen molar-refractivity contribution in [1.29, 1.82) is 5.41 Å². The number of benzene rings is 2. The smallest absolute Gasteiger partial charge is 0.127 e. The standard InChI is InChI=1S/C13H11FN2O.ClH/c14-10-3-7-12(8-4-10)17-11-5-1-9(2-6-11)13(15)16;/h1-8H,(H3,15,16);1H. The number of hydrogen-bond acceptors (Lipinski definition) is 2. The SMILES string of the molecule is Cl.N=C(N)c1ccc(Oc2ccc(F)cc2)cc1. The van der Waals surface area contributed by atoms with E-state index in [1.54, 1.807) is 36.4 Å². The summed E-state index contributed by atoms with van der Waals surface area (Å²) in [5.41, 5.74) is 5.97. The van der Waals surface area contributed by atoms with Crippen LogP contribution >= 0.6 is 12.4 Å². The number of rotatable bonds is 3. The van der Waals surface area contributed by atoms with Crippen molar-refractivity contribution in [2.45, 2.75) is 0 Å². The third-order valence-electron chi connectivity index (χ3n) is 2.21. The Hall–Kier alpha value is -2.07. The Bertz CT molecular complexity index is 526. The summed E-state index contributed by atoms with van der Waals surface area (Å²) in [6.07, 6.45) is 0. The minimum Gasteiger partial charge on any atom is -0.457 e. The zero-order valence-corrected chi connectivity index (χ0v) is 10.2. The van der Waals surface area contributed by atoms with Gasteiger partial charge in [0.15, 0.2) is 0 Å². The summed E-state index contributed by atoms with van der Waals surface area (Å²) in [5, 5.41) is 7.25. The van der Waals surface area contributed by atoms with Gasteiger partial charge >= 0.3 is 0 Å². The molecule has 5 heteroatoms. The second kappa shape index (κ2) is 6.02. The minimum atomic E-state index is -0.302. The Kier molecular flexibility index (Phi) is 4.68. The normalized spacial score (nSPS) is 9.39. The number of hydrogen-bond donors (Lipinski definition) is 2. The van der Waals surface area contributed by atoms with Crippen molar-refractivity contribution in [2.24, 2.45) is 5.73 Å². The quantitative estimate of drug-likeness (QED) is 0.661. The topological polar surface area (TPSA) is 59.1 Å². The average Bonchev–Trinajstić information content (AvgIpc) is 2.33. The summed E-state index contributed by atoms with van der Waals surface area (Å²) < 4.78 is 18.2. The van der Waals surface area contributed by atoms with Crippen molar-refractivity contribution < 1.29 is 9.13 Å². The first kappa shape index (κ1) is 14.0. The fraction of sp³-hybridized carbons (Fsp3) is 0. The number of ether oxygens (including phenoxy) is 1. The van der Waals surface area contributed by atoms with Crippen LogP contribution in [0.2, 0.25) is 0 Å². The summed E-state index contributed by atoms with van der Waals surface area (Å²) >= 11 is 0. The molecule has 0 aromatic heterocycles. The van der Waals surface area contributed by atoms with E-state index in [1.165, 1.54) is 12.1 Å². The minimum absolute atomic E-state index is 0. The summed E-state index contributed by atoms with van der Waals surface area (Å²) in [5.74, 6) is 0.881. The molecule has 0 heterocycles. The molecule has 0 unspecified atom stereocenters. The lowest BCUT2D eigenvalue weighted by atomic mass is 10.2. The lowest BCUT2D eigenvalue weighted by Crippen LogP contribution is -2.10. The van der Waals surface area contributed by atoms with E-state index >= 15 is 0 Å². The molecule has 0 aliphatic heterocycles. The zero-order valence-electron chi connectivity index (χ0n) is 9.39. The summed E-state index contributed by atoms with van der Waals surface area (Å²) in [6, 6.07) is 12.6. The van der Waals surface area contributed by atoms with Crippen LogP contribution in [0.15, 0.2) is 48.5 Å². The largest absolute Gasteiger partial charge is 0.457 e. The first-order chi connectivity index (χ1) is 8.15. The van der Waals surface area contributed by atoms with Crippen LogP contribution in [0, 0.1) is 11.2 Å². The number of halogens is 2. The third-order valence-corrected chi connectivity index (χ3v) is 2.21. The van der Waals surface area contributed by atoms with Crippen molar-refractivity contribution in [1.82, 2.24) is 0 Å². The van der Waals surface area contributed by atoms with Gasteiger partial charge in [0, 0.05) is 5.56 Å². The molecule has 3 nitrogen and oxygen atoms in total. The maximum absolute atomic E-state index is 12.7. The van der Waals surface area contributed by atoms with Gasteiger partial charge in [0.25, 0.3) is 0 Å². The first-order valence-electron chi connectivity index (χ1n) is 5.03. The van der Waals surface area contributed by atoms with Crippen molar-refractivity contribution in [3.8, 4) is 11.5 Å². The highest BCUT2D eigenvalue weighted by molar-refractivity contribution is 5.94. The Morgan fingerprint density at radius 2 is 1.39 bits per heavy atom. The molecule has 94 valence electrons. The van der Waals surface area contributed by atoms with Gasteiger partial charge in [-0.25, -0.2) is 4.39 Å². The van der Waals surface area contributed by atoms with Crippen LogP contribution < -0.4 is 10.5 Å². The van der Waals surface area contributed by atoms with Gasteiger partial charge in [0.1, 0.15) is 23.2 Å². The van der Waals surface area contributed by atoms with Gasteiger partial charge in [-0.3, -0.25) is 5.41 Å². The van der Waals surface area contributed by atoms with Crippen LogP contribution in [0.4, 0.5) is 4.39 Å². The molecule has 2 aromatic rings. The fourth-order valence-electron chi connectivity index (χ4n) is 1.34. The van der Waals surface area contributed by atoms with Crippen LogP contribution in [0.1, 0.15) is 5.56 Å². The highest BCUT2D eigenvalue weighted by Gasteiger charge is 1.99. The molecule has 0 aliphatic carbocycles. The van der Waals surface area contributed by atoms with Gasteiger partial charge in [-0.05, 0) is 48.5 Å². The maximum Gasteiger partial charge on any atom is 0.127 e. The van der Waals surface area contributed by atoms with Crippen LogP contribution in [0.25, 0.3) is 0 Å². The molecule has 0 bridgehead atoms. The molecular weight excluding hydrogens is 255 g/mol. The molecule has 18 heavy (non-hydrogen) atoms. The number of nitrogen functional groups attached to an aromatic ring is 1. The fourth-order valence-corrected chi connectivity index (χ4v) is 1.34. The Morgan fingerprint density at radius 1 is 0.944 bits per heavy atom. The highest BCUT2D eigenvalue weighted by Crippen LogP contribution is 2.21. The first-order valence-corrected chi connectivity index (χ1v) is 5.03. The maximum atomic E-state index is 12.7. The number of nitrogens with one attached hydrogen (secondary N) is 1. The van der Waals surface area contributed by atoms with Gasteiger partial charge in [0.05, 0.1) is 0 Å². The van der Waals surface area contributed by atoms with E-state index in [-0.39, 0.29) is 24.1 Å². The Balaban J connectivity index is 0.00000162. The summed E-state index contributed by atoms with van der Waals surface area (Å²) in [6.45, 7) is 0. The van der Waals surface area contributed by atoms with E-state index in [1.807, 2.05) is 0 Å². The average molecular weight is 267 g/mol. The lowest BCUT2D eigenvalue weighted by Gasteiger charge is -2.06. The van der Waals surface area contributed by atoms with Gasteiger partial charge in [-0.1, -0.05) is 0 Å². The van der Waals surface area contributed by atoms with Gasteiger partial charge in [-0.2, -0.15) is 0 Å². The summed E-state index contributed by atoms with van der Waals surface area (Å²) in [4.78, 5) is 0.